The van der Waals surface area contributed by atoms with Crippen molar-refractivity contribution in [1.29, 1.82) is 0 Å². The zero-order valence-corrected chi connectivity index (χ0v) is 30.7. The summed E-state index contributed by atoms with van der Waals surface area (Å²) >= 11 is 0. The average molecular weight is 811 g/mol. The number of aromatic nitrogens is 1. The number of halogens is 3. The summed E-state index contributed by atoms with van der Waals surface area (Å²) in [6, 6.07) is 19.0. The molecule has 0 aliphatic rings. The summed E-state index contributed by atoms with van der Waals surface area (Å²) in [5.74, 6) is 0.286. The van der Waals surface area contributed by atoms with Crippen LogP contribution >= 0.6 is 0 Å². The summed E-state index contributed by atoms with van der Waals surface area (Å²) in [7, 11) is 0. The minimum Gasteiger partial charge on any atom is -0.512 e. The molecule has 0 bridgehead atoms. The second-order valence-corrected chi connectivity index (χ2v) is 12.7. The average Bonchev–Trinajstić information content (AvgIpc) is 3.01. The van der Waals surface area contributed by atoms with Crippen LogP contribution in [0.5, 0.6) is 0 Å². The number of aliphatic hydroxyl groups excluding tert-OH is 1. The Labute approximate surface area is 286 Å². The Morgan fingerprint density at radius 1 is 0.848 bits per heavy atom. The number of fused-ring (bicyclic) bond motifs is 3. The Hall–Kier alpha value is -3.02. The van der Waals surface area contributed by atoms with Gasteiger partial charge in [-0.2, -0.15) is 13.2 Å². The summed E-state index contributed by atoms with van der Waals surface area (Å²) in [6.45, 7) is 16.1. The number of ketones is 1. The third kappa shape index (κ3) is 9.51. The molecular formula is C39H47F3IrNO2-. The van der Waals surface area contributed by atoms with Gasteiger partial charge in [0, 0.05) is 49.6 Å². The summed E-state index contributed by atoms with van der Waals surface area (Å²) in [5, 5.41) is 14.1. The molecule has 3 aromatic carbocycles. The first-order valence-electron chi connectivity index (χ1n) is 15.9. The Morgan fingerprint density at radius 2 is 1.46 bits per heavy atom. The zero-order valence-electron chi connectivity index (χ0n) is 28.3. The van der Waals surface area contributed by atoms with Crippen LogP contribution in [0.1, 0.15) is 90.3 Å². The van der Waals surface area contributed by atoms with Gasteiger partial charge >= 0.3 is 6.18 Å². The molecule has 1 heterocycles. The third-order valence-electron chi connectivity index (χ3n) is 9.53. The van der Waals surface area contributed by atoms with Gasteiger partial charge in [-0.15, -0.1) is 34.9 Å². The second kappa shape index (κ2) is 16.2. The molecule has 0 saturated heterocycles. The van der Waals surface area contributed by atoms with E-state index in [-0.39, 0.29) is 48.9 Å². The Bertz CT molecular complexity index is 1650. The maximum absolute atomic E-state index is 12.5. The molecule has 0 amide bonds. The molecule has 0 spiro atoms. The van der Waals surface area contributed by atoms with Crippen LogP contribution in [-0.2, 0) is 31.3 Å². The fraction of sp³-hybridized carbons (Fsp3) is 0.436. The monoisotopic (exact) mass is 811 g/mol. The number of hydrogen-bond acceptors (Lipinski definition) is 3. The number of nitrogens with zero attached hydrogens (tertiary/aromatic N) is 1. The summed E-state index contributed by atoms with van der Waals surface area (Å²) in [4.78, 5) is 16.8. The fourth-order valence-corrected chi connectivity index (χ4v) is 5.41. The molecular weight excluding hydrogens is 764 g/mol. The molecule has 0 saturated carbocycles. The van der Waals surface area contributed by atoms with Crippen LogP contribution in [0.4, 0.5) is 13.2 Å². The summed E-state index contributed by atoms with van der Waals surface area (Å²) in [6.07, 6.45) is 1.59. The number of aryl methyl sites for hydroxylation is 3. The molecule has 0 aliphatic heterocycles. The van der Waals surface area contributed by atoms with Crippen molar-refractivity contribution in [3.8, 4) is 11.3 Å². The van der Waals surface area contributed by atoms with E-state index in [2.05, 4.69) is 23.2 Å². The number of carbonyl (C=O) groups excluding carboxylic acids is 1. The number of hydrogen-bond donors (Lipinski definition) is 1. The van der Waals surface area contributed by atoms with Crippen LogP contribution in [0, 0.1) is 30.7 Å². The quantitative estimate of drug-likeness (QED) is 0.0751. The van der Waals surface area contributed by atoms with Gasteiger partial charge in [-0.1, -0.05) is 85.7 Å². The molecule has 4 rings (SSSR count). The van der Waals surface area contributed by atoms with Gasteiger partial charge in [-0.05, 0) is 71.0 Å². The van der Waals surface area contributed by atoms with Crippen molar-refractivity contribution in [3.05, 3.63) is 89.3 Å². The Balaban J connectivity index is 0.000000356. The van der Waals surface area contributed by atoms with Gasteiger partial charge in [0.2, 0.25) is 0 Å². The molecule has 251 valence electrons. The molecule has 0 unspecified atom stereocenters. The smallest absolute Gasteiger partial charge is 0.389 e. The van der Waals surface area contributed by atoms with E-state index < -0.39 is 12.6 Å². The van der Waals surface area contributed by atoms with E-state index in [0.29, 0.717) is 5.56 Å². The van der Waals surface area contributed by atoms with E-state index in [4.69, 9.17) is 0 Å². The Morgan fingerprint density at radius 3 is 2.02 bits per heavy atom. The minimum atomic E-state index is -4.14. The van der Waals surface area contributed by atoms with Crippen LogP contribution in [0.15, 0.2) is 66.6 Å². The van der Waals surface area contributed by atoms with E-state index in [9.17, 15) is 23.1 Å². The van der Waals surface area contributed by atoms with Gasteiger partial charge in [-0.25, -0.2) is 0 Å². The molecule has 7 heteroatoms. The molecule has 46 heavy (non-hydrogen) atoms. The van der Waals surface area contributed by atoms with Crippen LogP contribution < -0.4 is 0 Å². The van der Waals surface area contributed by atoms with Crippen LogP contribution in [-0.4, -0.2) is 22.1 Å². The van der Waals surface area contributed by atoms with E-state index in [1.54, 1.807) is 12.3 Å². The number of rotatable bonds is 10. The Kier molecular flexibility index (Phi) is 13.8. The molecule has 1 radical (unpaired) electrons. The third-order valence-corrected chi connectivity index (χ3v) is 9.53. The van der Waals surface area contributed by atoms with Gasteiger partial charge < -0.3 is 10.1 Å². The predicted molar refractivity (Wildman–Crippen MR) is 180 cm³/mol. The predicted octanol–water partition coefficient (Wildman–Crippen LogP) is 11.6. The van der Waals surface area contributed by atoms with Crippen molar-refractivity contribution < 1.29 is 43.2 Å². The van der Waals surface area contributed by atoms with Crippen LogP contribution in [0.2, 0.25) is 0 Å². The molecule has 0 aliphatic carbocycles. The number of pyridine rings is 1. The molecule has 1 aromatic heterocycles. The van der Waals surface area contributed by atoms with E-state index in [1.165, 1.54) is 6.08 Å². The van der Waals surface area contributed by atoms with Crippen molar-refractivity contribution in [2.24, 2.45) is 10.8 Å². The normalized spacial score (nSPS) is 12.5. The first kappa shape index (κ1) is 39.2. The number of aliphatic hydroxyl groups is 1. The maximum atomic E-state index is 12.5. The number of allylic oxidation sites excluding steroid dienone is 2. The standard InChI is InChI=1S/C24H19F3N.C15H28O2.Ir/c1-15-11-16(2)13-19(12-15)23-22-6-4-18-14-17(7-9-24(25,26)27)3-5-20(18)21(22)8-10-28-23;1-7-14(5,8-2)12(16)11-13(17)15(6,9-3)10-4;/h3-6,8,10-12,14H,7,9H2,1-2H3;11,16H,7-10H2,1-6H3;/q-1;;/b;12-11-;. The second-order valence-electron chi connectivity index (χ2n) is 12.7. The topological polar surface area (TPSA) is 50.2 Å². The van der Waals surface area contributed by atoms with Crippen molar-refractivity contribution in [3.63, 3.8) is 0 Å². The largest absolute Gasteiger partial charge is 0.512 e. The number of carbonyl (C=O) groups is 1. The molecule has 1 N–H and O–H groups in total. The van der Waals surface area contributed by atoms with Gasteiger partial charge in [0.1, 0.15) is 5.76 Å². The molecule has 0 atom stereocenters. The van der Waals surface area contributed by atoms with Crippen LogP contribution in [0.25, 0.3) is 32.8 Å². The zero-order chi connectivity index (χ0) is 33.6. The summed E-state index contributed by atoms with van der Waals surface area (Å²) in [5.41, 5.74) is 4.12. The number of benzene rings is 3. The van der Waals surface area contributed by atoms with E-state index >= 15 is 0 Å². The molecule has 0 fully saturated rings. The summed E-state index contributed by atoms with van der Waals surface area (Å²) < 4.78 is 37.5. The minimum absolute atomic E-state index is 0. The SMILES string of the molecule is CCC(C)(CC)C(=O)/C=C(\O)C(C)(CC)CC.Cc1[c-]c(-c2nccc3c2ccc2cc(CCC(F)(F)F)ccc23)cc(C)c1.[Ir]. The maximum Gasteiger partial charge on any atom is 0.389 e. The fourth-order valence-electron chi connectivity index (χ4n) is 5.41. The van der Waals surface area contributed by atoms with Gasteiger partial charge in [0.25, 0.3) is 0 Å². The first-order chi connectivity index (χ1) is 21.1. The van der Waals surface area contributed by atoms with Gasteiger partial charge in [-0.3, -0.25) is 4.79 Å². The van der Waals surface area contributed by atoms with Crippen molar-refractivity contribution >= 4 is 27.3 Å². The van der Waals surface area contributed by atoms with Gasteiger partial charge in [0.15, 0.2) is 5.78 Å². The number of alkyl halides is 3. The van der Waals surface area contributed by atoms with Crippen molar-refractivity contribution in [2.45, 2.75) is 100 Å². The van der Waals surface area contributed by atoms with Crippen LogP contribution in [0.3, 0.4) is 0 Å². The van der Waals surface area contributed by atoms with Gasteiger partial charge in [0.05, 0.1) is 0 Å². The van der Waals surface area contributed by atoms with Crippen molar-refractivity contribution in [1.82, 2.24) is 4.98 Å². The molecule has 4 aromatic rings. The van der Waals surface area contributed by atoms with Crippen molar-refractivity contribution in [2.75, 3.05) is 0 Å². The first-order valence-corrected chi connectivity index (χ1v) is 15.9. The molecule has 3 nitrogen and oxygen atoms in total. The van der Waals surface area contributed by atoms with E-state index in [1.807, 2.05) is 85.7 Å². The van der Waals surface area contributed by atoms with E-state index in [0.717, 1.165) is 69.6 Å².